The first-order chi connectivity index (χ1) is 20.0. The first kappa shape index (κ1) is 25.1. The molecule has 0 spiro atoms. The molecule has 7 rings (SSSR count). The number of anilines is 1. The van der Waals surface area contributed by atoms with Crippen molar-refractivity contribution in [3.05, 3.63) is 78.6 Å². The third-order valence-electron chi connectivity index (χ3n) is 7.88. The number of hydrogen-bond donors (Lipinski definition) is 3. The van der Waals surface area contributed by atoms with Crippen LogP contribution in [0.5, 0.6) is 0 Å². The van der Waals surface area contributed by atoms with Gasteiger partial charge >= 0.3 is 0 Å². The van der Waals surface area contributed by atoms with Crippen LogP contribution in [0.25, 0.3) is 55.7 Å². The van der Waals surface area contributed by atoms with Crippen molar-refractivity contribution in [1.29, 1.82) is 0 Å². The topological polar surface area (TPSA) is 112 Å². The van der Waals surface area contributed by atoms with Crippen molar-refractivity contribution < 1.29 is 9.18 Å². The number of carbonyl (C=O) groups excluding carboxylic acids is 1. The van der Waals surface area contributed by atoms with Crippen LogP contribution in [0.4, 0.5) is 10.1 Å². The van der Waals surface area contributed by atoms with Crippen LogP contribution in [0, 0.1) is 18.7 Å². The molecule has 1 aliphatic rings. The van der Waals surface area contributed by atoms with Gasteiger partial charge in [-0.15, -0.1) is 0 Å². The predicted octanol–water partition coefficient (Wildman–Crippen LogP) is 7.20. The number of rotatable bonds is 5. The van der Waals surface area contributed by atoms with E-state index < -0.39 is 0 Å². The third kappa shape index (κ3) is 4.84. The highest BCUT2D eigenvalue weighted by Crippen LogP contribution is 2.35. The fourth-order valence-electron chi connectivity index (χ4n) is 5.84. The van der Waals surface area contributed by atoms with Crippen molar-refractivity contribution in [2.75, 3.05) is 5.32 Å². The van der Waals surface area contributed by atoms with E-state index in [1.807, 2.05) is 37.3 Å². The number of H-pyrrole nitrogens is 2. The van der Waals surface area contributed by atoms with Crippen molar-refractivity contribution in [3.8, 4) is 33.6 Å². The summed E-state index contributed by atoms with van der Waals surface area (Å²) in [6.07, 6.45) is 12.2. The van der Waals surface area contributed by atoms with Crippen LogP contribution in [-0.4, -0.2) is 36.0 Å². The van der Waals surface area contributed by atoms with Gasteiger partial charge in [-0.3, -0.25) is 14.9 Å². The molecule has 204 valence electrons. The van der Waals surface area contributed by atoms with Crippen LogP contribution in [0.15, 0.2) is 67.3 Å². The molecule has 1 saturated carbocycles. The molecule has 6 aromatic rings. The van der Waals surface area contributed by atoms with Crippen molar-refractivity contribution in [2.45, 2.75) is 39.0 Å². The van der Waals surface area contributed by atoms with Crippen molar-refractivity contribution >= 4 is 33.7 Å². The van der Waals surface area contributed by atoms with Gasteiger partial charge in [-0.1, -0.05) is 25.3 Å². The van der Waals surface area contributed by atoms with Crippen molar-refractivity contribution in [3.63, 3.8) is 0 Å². The molecule has 0 radical (unpaired) electrons. The fourth-order valence-corrected chi connectivity index (χ4v) is 5.84. The molecule has 5 aromatic heterocycles. The van der Waals surface area contributed by atoms with E-state index in [4.69, 9.17) is 0 Å². The van der Waals surface area contributed by atoms with Gasteiger partial charge in [-0.2, -0.15) is 5.10 Å². The molecule has 0 aliphatic heterocycles. The van der Waals surface area contributed by atoms with Gasteiger partial charge < -0.3 is 10.3 Å². The Labute approximate surface area is 235 Å². The highest BCUT2D eigenvalue weighted by Gasteiger charge is 2.21. The Balaban J connectivity index is 1.23. The highest BCUT2D eigenvalue weighted by molar-refractivity contribution is 6.00. The maximum absolute atomic E-state index is 14.2. The number of halogens is 1. The monoisotopic (exact) mass is 545 g/mol. The van der Waals surface area contributed by atoms with Gasteiger partial charge in [0.15, 0.2) is 5.65 Å². The molecule has 1 aromatic carbocycles. The molecule has 5 heterocycles. The summed E-state index contributed by atoms with van der Waals surface area (Å²) in [5, 5.41) is 12.3. The zero-order chi connectivity index (χ0) is 27.9. The van der Waals surface area contributed by atoms with Crippen LogP contribution in [-0.2, 0) is 4.79 Å². The zero-order valence-corrected chi connectivity index (χ0v) is 22.5. The number of nitrogens with zero attached hydrogens (tertiary/aromatic N) is 4. The fraction of sp³-hybridized carbons (Fsp3) is 0.219. The van der Waals surface area contributed by atoms with E-state index in [0.717, 1.165) is 75.7 Å². The zero-order valence-electron chi connectivity index (χ0n) is 22.5. The molecular weight excluding hydrogens is 517 g/mol. The average molecular weight is 546 g/mol. The Morgan fingerprint density at radius 3 is 2.63 bits per heavy atom. The first-order valence-corrected chi connectivity index (χ1v) is 13.9. The van der Waals surface area contributed by atoms with E-state index in [1.54, 1.807) is 24.8 Å². The molecule has 0 saturated heterocycles. The molecule has 0 atom stereocenters. The Bertz CT molecular complexity index is 1900. The van der Waals surface area contributed by atoms with Crippen molar-refractivity contribution in [2.24, 2.45) is 5.92 Å². The summed E-state index contributed by atoms with van der Waals surface area (Å²) in [5.74, 6) is -0.143. The second kappa shape index (κ2) is 10.2. The molecule has 9 heteroatoms. The number of aromatic nitrogens is 6. The second-order valence-corrected chi connectivity index (χ2v) is 10.8. The van der Waals surface area contributed by atoms with Gasteiger partial charge in [0, 0.05) is 46.4 Å². The summed E-state index contributed by atoms with van der Waals surface area (Å²) < 4.78 is 14.2. The van der Waals surface area contributed by atoms with Gasteiger partial charge in [0.25, 0.3) is 0 Å². The van der Waals surface area contributed by atoms with Crippen LogP contribution in [0.3, 0.4) is 0 Å². The van der Waals surface area contributed by atoms with Gasteiger partial charge in [0.2, 0.25) is 5.91 Å². The van der Waals surface area contributed by atoms with Crippen LogP contribution in [0.1, 0.15) is 37.7 Å². The highest BCUT2D eigenvalue weighted by atomic mass is 19.1. The van der Waals surface area contributed by atoms with Gasteiger partial charge in [0.1, 0.15) is 11.5 Å². The van der Waals surface area contributed by atoms with E-state index in [1.165, 1.54) is 18.6 Å². The Morgan fingerprint density at radius 1 is 0.927 bits per heavy atom. The minimum absolute atomic E-state index is 0.0644. The first-order valence-electron chi connectivity index (χ1n) is 13.9. The lowest BCUT2D eigenvalue weighted by Gasteiger charge is -2.20. The molecule has 0 unspecified atom stereocenters. The van der Waals surface area contributed by atoms with Crippen LogP contribution >= 0.6 is 0 Å². The summed E-state index contributed by atoms with van der Waals surface area (Å²) in [5.41, 5.74) is 7.73. The van der Waals surface area contributed by atoms with Gasteiger partial charge in [-0.25, -0.2) is 14.4 Å². The number of pyridine rings is 3. The standard InChI is InChI=1S/C32H28FN7O/c1-18-9-20(11-23(33)10-18)25-7-8-35-30-26(25)14-28(38-30)29-27-13-22(16-36-31(27)40-39-29)21-12-24(17-34-15-21)37-32(41)19-5-3-2-4-6-19/h7-17,19H,2-6H2,1H3,(H,35,38)(H,37,41)(H,36,39,40). The minimum Gasteiger partial charge on any atom is -0.338 e. The van der Waals surface area contributed by atoms with Crippen LogP contribution < -0.4 is 5.32 Å². The summed E-state index contributed by atoms with van der Waals surface area (Å²) in [7, 11) is 0. The average Bonchev–Trinajstić information content (AvgIpc) is 3.61. The number of hydrogen-bond acceptors (Lipinski definition) is 5. The minimum atomic E-state index is -0.272. The number of benzene rings is 1. The summed E-state index contributed by atoms with van der Waals surface area (Å²) in [4.78, 5) is 29.6. The number of amides is 1. The third-order valence-corrected chi connectivity index (χ3v) is 7.88. The van der Waals surface area contributed by atoms with E-state index in [9.17, 15) is 9.18 Å². The van der Waals surface area contributed by atoms with E-state index in [2.05, 4.69) is 35.5 Å². The van der Waals surface area contributed by atoms with E-state index >= 15 is 0 Å². The SMILES string of the molecule is Cc1cc(F)cc(-c2ccnc3[nH]c(-c4[nH]nc5ncc(-c6cncc(NC(=O)C7CCCCC7)c6)cc45)cc23)c1. The van der Waals surface area contributed by atoms with E-state index in [0.29, 0.717) is 17.0 Å². The Kier molecular flexibility index (Phi) is 6.26. The van der Waals surface area contributed by atoms with E-state index in [-0.39, 0.29) is 17.6 Å². The quantitative estimate of drug-likeness (QED) is 0.212. The number of aromatic amines is 2. The number of nitrogens with one attached hydrogen (secondary N) is 3. The lowest BCUT2D eigenvalue weighted by Crippen LogP contribution is -2.24. The molecule has 1 amide bonds. The van der Waals surface area contributed by atoms with Gasteiger partial charge in [0.05, 0.1) is 23.3 Å². The number of aryl methyl sites for hydroxylation is 1. The molecule has 0 bridgehead atoms. The normalized spacial score (nSPS) is 14.1. The Morgan fingerprint density at radius 2 is 1.78 bits per heavy atom. The molecule has 3 N–H and O–H groups in total. The van der Waals surface area contributed by atoms with Crippen LogP contribution in [0.2, 0.25) is 0 Å². The maximum atomic E-state index is 14.2. The lowest BCUT2D eigenvalue weighted by molar-refractivity contribution is -0.120. The summed E-state index contributed by atoms with van der Waals surface area (Å²) in [6, 6.07) is 12.9. The maximum Gasteiger partial charge on any atom is 0.227 e. The summed E-state index contributed by atoms with van der Waals surface area (Å²) in [6.45, 7) is 1.88. The Hall–Kier alpha value is -4.92. The number of fused-ring (bicyclic) bond motifs is 2. The van der Waals surface area contributed by atoms with Gasteiger partial charge in [-0.05, 0) is 72.9 Å². The van der Waals surface area contributed by atoms with Crippen molar-refractivity contribution in [1.82, 2.24) is 30.1 Å². The smallest absolute Gasteiger partial charge is 0.227 e. The predicted molar refractivity (Wildman–Crippen MR) is 158 cm³/mol. The second-order valence-electron chi connectivity index (χ2n) is 10.8. The lowest BCUT2D eigenvalue weighted by atomic mass is 9.88. The largest absolute Gasteiger partial charge is 0.338 e. The molecule has 1 aliphatic carbocycles. The molecular formula is C32H28FN7O. The summed E-state index contributed by atoms with van der Waals surface area (Å²) >= 11 is 0. The molecule has 1 fully saturated rings. The molecule has 8 nitrogen and oxygen atoms in total. The number of carbonyl (C=O) groups is 1. The molecule has 41 heavy (non-hydrogen) atoms.